The highest BCUT2D eigenvalue weighted by Gasteiger charge is 2.26. The van der Waals surface area contributed by atoms with Crippen LogP contribution in [0, 0.1) is 0 Å². The van der Waals surface area contributed by atoms with Gasteiger partial charge in [0.2, 0.25) is 0 Å². The molecule has 2 aromatic carbocycles. The number of hydrogen-bond donors (Lipinski definition) is 1. The van der Waals surface area contributed by atoms with Gasteiger partial charge in [0.05, 0.1) is 23.5 Å². The van der Waals surface area contributed by atoms with Crippen molar-refractivity contribution in [3.63, 3.8) is 0 Å². The lowest BCUT2D eigenvalue weighted by atomic mass is 9.99. The number of nitrogens with zero attached hydrogens (tertiary/aromatic N) is 3. The fourth-order valence-electron chi connectivity index (χ4n) is 4.39. The summed E-state index contributed by atoms with van der Waals surface area (Å²) >= 11 is 0. The Bertz CT molecular complexity index is 1170. The molecule has 142 valence electrons. The van der Waals surface area contributed by atoms with Gasteiger partial charge in [0.25, 0.3) is 5.56 Å². The van der Waals surface area contributed by atoms with Crippen molar-refractivity contribution >= 4 is 21.8 Å². The number of H-pyrrole nitrogens is 1. The van der Waals surface area contributed by atoms with Gasteiger partial charge in [-0.25, -0.2) is 4.98 Å². The summed E-state index contributed by atoms with van der Waals surface area (Å²) in [4.78, 5) is 23.6. The molecule has 0 spiro atoms. The van der Waals surface area contributed by atoms with Gasteiger partial charge in [-0.3, -0.25) is 14.3 Å². The summed E-state index contributed by atoms with van der Waals surface area (Å²) in [5.74, 6) is 0.826. The van der Waals surface area contributed by atoms with Crippen LogP contribution < -0.4 is 5.56 Å². The Morgan fingerprint density at radius 3 is 2.82 bits per heavy atom. The number of fused-ring (bicyclic) bond motifs is 2. The molecule has 5 rings (SSSR count). The minimum absolute atomic E-state index is 0.0276. The van der Waals surface area contributed by atoms with Crippen molar-refractivity contribution < 1.29 is 0 Å². The molecular weight excluding hydrogens is 348 g/mol. The molecule has 5 nitrogen and oxygen atoms in total. The van der Waals surface area contributed by atoms with Crippen molar-refractivity contribution in [2.45, 2.75) is 31.8 Å². The van der Waals surface area contributed by atoms with E-state index in [2.05, 4.69) is 40.2 Å². The van der Waals surface area contributed by atoms with Crippen LogP contribution in [0.3, 0.4) is 0 Å². The molecule has 28 heavy (non-hydrogen) atoms. The predicted octanol–water partition coefficient (Wildman–Crippen LogP) is 4.14. The number of para-hydroxylation sites is 2. The highest BCUT2D eigenvalue weighted by atomic mass is 16.1. The van der Waals surface area contributed by atoms with E-state index in [1.54, 1.807) is 4.57 Å². The molecular formula is C23H24N4O. The van der Waals surface area contributed by atoms with Crippen LogP contribution >= 0.6 is 0 Å². The van der Waals surface area contributed by atoms with Crippen LogP contribution in [0.2, 0.25) is 0 Å². The van der Waals surface area contributed by atoms with Crippen LogP contribution in [0.5, 0.6) is 0 Å². The second kappa shape index (κ2) is 6.91. The van der Waals surface area contributed by atoms with Crippen LogP contribution in [0.4, 0.5) is 0 Å². The second-order valence-electron chi connectivity index (χ2n) is 7.70. The largest absolute Gasteiger partial charge is 0.357 e. The van der Waals surface area contributed by atoms with Crippen molar-refractivity contribution in [2.75, 3.05) is 6.54 Å². The number of nitrogens with one attached hydrogen (secondary N) is 1. The highest BCUT2D eigenvalue weighted by Crippen LogP contribution is 2.33. The number of benzene rings is 2. The van der Waals surface area contributed by atoms with Crippen LogP contribution in [0.1, 0.15) is 36.8 Å². The third-order valence-electron chi connectivity index (χ3n) is 5.94. The van der Waals surface area contributed by atoms with Gasteiger partial charge < -0.3 is 4.98 Å². The Kier molecular flexibility index (Phi) is 4.24. The molecule has 1 atom stereocenters. The molecule has 3 heterocycles. The quantitative estimate of drug-likeness (QED) is 0.588. The normalized spacial score (nSPS) is 18.1. The Labute approximate surface area is 163 Å². The molecule has 1 N–H and O–H groups in total. The van der Waals surface area contributed by atoms with Gasteiger partial charge in [-0.15, -0.1) is 0 Å². The van der Waals surface area contributed by atoms with Crippen molar-refractivity contribution in [1.29, 1.82) is 0 Å². The topological polar surface area (TPSA) is 53.9 Å². The van der Waals surface area contributed by atoms with Crippen molar-refractivity contribution in [3.8, 4) is 0 Å². The molecule has 2 aromatic heterocycles. The summed E-state index contributed by atoms with van der Waals surface area (Å²) in [7, 11) is 1.83. The number of rotatable bonds is 3. The van der Waals surface area contributed by atoms with E-state index in [1.807, 2.05) is 31.3 Å². The lowest BCUT2D eigenvalue weighted by molar-refractivity contribution is 0.132. The lowest BCUT2D eigenvalue weighted by Gasteiger charge is -2.35. The first kappa shape index (κ1) is 17.2. The predicted molar refractivity (Wildman–Crippen MR) is 112 cm³/mol. The van der Waals surface area contributed by atoms with Gasteiger partial charge in [-0.2, -0.15) is 0 Å². The van der Waals surface area contributed by atoms with E-state index in [1.165, 1.54) is 29.4 Å². The zero-order valence-corrected chi connectivity index (χ0v) is 16.1. The molecule has 1 saturated heterocycles. The monoisotopic (exact) mass is 372 g/mol. The third kappa shape index (κ3) is 2.92. The molecule has 5 heteroatoms. The van der Waals surface area contributed by atoms with Crippen LogP contribution in [0.25, 0.3) is 21.8 Å². The molecule has 1 aliphatic heterocycles. The fraction of sp³-hybridized carbons (Fsp3) is 0.304. The van der Waals surface area contributed by atoms with Crippen LogP contribution in [0.15, 0.2) is 59.4 Å². The van der Waals surface area contributed by atoms with Gasteiger partial charge >= 0.3 is 0 Å². The standard InChI is InChI=1S/C23H24N4O/c1-26-22(25-19-11-5-3-9-17(19)23(26)28)15-27-13-7-6-12-21(27)20-14-16-8-2-4-10-18(16)24-20/h2-5,8-11,14,21,24H,6-7,12-13,15H2,1H3. The van der Waals surface area contributed by atoms with Gasteiger partial charge in [-0.1, -0.05) is 36.8 Å². The zero-order valence-electron chi connectivity index (χ0n) is 16.1. The molecule has 0 radical (unpaired) electrons. The SMILES string of the molecule is Cn1c(CN2CCCCC2c2cc3ccccc3[nH]2)nc2ccccc2c1=O. The van der Waals surface area contributed by atoms with Gasteiger partial charge in [0, 0.05) is 18.3 Å². The Morgan fingerprint density at radius 2 is 1.93 bits per heavy atom. The number of hydrogen-bond acceptors (Lipinski definition) is 3. The van der Waals surface area contributed by atoms with Gasteiger partial charge in [0.1, 0.15) is 5.82 Å². The maximum atomic E-state index is 12.8. The highest BCUT2D eigenvalue weighted by molar-refractivity contribution is 5.80. The van der Waals surface area contributed by atoms with E-state index in [9.17, 15) is 4.79 Å². The average Bonchev–Trinajstić information content (AvgIpc) is 3.16. The first-order chi connectivity index (χ1) is 13.7. The molecule has 0 saturated carbocycles. The third-order valence-corrected chi connectivity index (χ3v) is 5.94. The molecule has 0 bridgehead atoms. The van der Waals surface area contributed by atoms with E-state index < -0.39 is 0 Å². The summed E-state index contributed by atoms with van der Waals surface area (Å²) in [6.07, 6.45) is 3.52. The minimum Gasteiger partial charge on any atom is -0.357 e. The number of piperidine rings is 1. The summed E-state index contributed by atoms with van der Waals surface area (Å²) in [5.41, 5.74) is 3.24. The summed E-state index contributed by atoms with van der Waals surface area (Å²) in [6, 6.07) is 18.6. The molecule has 0 aliphatic carbocycles. The number of aromatic amines is 1. The first-order valence-electron chi connectivity index (χ1n) is 9.97. The van der Waals surface area contributed by atoms with E-state index in [0.29, 0.717) is 18.0 Å². The maximum absolute atomic E-state index is 12.8. The van der Waals surface area contributed by atoms with Gasteiger partial charge in [-0.05, 0) is 49.0 Å². The molecule has 4 aromatic rings. The van der Waals surface area contributed by atoms with E-state index in [0.717, 1.165) is 24.3 Å². The second-order valence-corrected chi connectivity index (χ2v) is 7.70. The van der Waals surface area contributed by atoms with Crippen LogP contribution in [-0.2, 0) is 13.6 Å². The first-order valence-corrected chi connectivity index (χ1v) is 9.97. The minimum atomic E-state index is 0.0276. The number of aromatic nitrogens is 3. The lowest BCUT2D eigenvalue weighted by Crippen LogP contribution is -2.35. The van der Waals surface area contributed by atoms with Crippen LogP contribution in [-0.4, -0.2) is 26.0 Å². The van der Waals surface area contributed by atoms with Gasteiger partial charge in [0.15, 0.2) is 0 Å². The summed E-state index contributed by atoms with van der Waals surface area (Å²) in [5, 5.41) is 1.93. The Morgan fingerprint density at radius 1 is 1.11 bits per heavy atom. The molecule has 1 unspecified atom stereocenters. The van der Waals surface area contributed by atoms with E-state index in [4.69, 9.17) is 4.98 Å². The summed E-state index contributed by atoms with van der Waals surface area (Å²) < 4.78 is 1.71. The molecule has 0 amide bonds. The van der Waals surface area contributed by atoms with E-state index >= 15 is 0 Å². The van der Waals surface area contributed by atoms with Crippen molar-refractivity contribution in [1.82, 2.24) is 19.4 Å². The number of likely N-dealkylation sites (tertiary alicyclic amines) is 1. The van der Waals surface area contributed by atoms with E-state index in [-0.39, 0.29) is 5.56 Å². The molecule has 1 fully saturated rings. The summed E-state index contributed by atoms with van der Waals surface area (Å²) in [6.45, 7) is 1.69. The van der Waals surface area contributed by atoms with Crippen molar-refractivity contribution in [3.05, 3.63) is 76.5 Å². The fourth-order valence-corrected chi connectivity index (χ4v) is 4.39. The zero-order chi connectivity index (χ0) is 19.1. The average molecular weight is 372 g/mol. The molecule has 1 aliphatic rings. The smallest absolute Gasteiger partial charge is 0.261 e. The Balaban J connectivity index is 1.51. The van der Waals surface area contributed by atoms with Crippen molar-refractivity contribution in [2.24, 2.45) is 7.05 Å². The maximum Gasteiger partial charge on any atom is 0.261 e. The Hall–Kier alpha value is -2.92.